The zero-order valence-corrected chi connectivity index (χ0v) is 11.9. The molecule has 2 unspecified atom stereocenters. The predicted molar refractivity (Wildman–Crippen MR) is 74.5 cm³/mol. The van der Waals surface area contributed by atoms with Crippen molar-refractivity contribution in [2.24, 2.45) is 16.8 Å². The van der Waals surface area contributed by atoms with E-state index in [0.717, 1.165) is 32.4 Å². The Morgan fingerprint density at radius 2 is 2.20 bits per heavy atom. The number of nitrogens with one attached hydrogen (secondary N) is 1. The Morgan fingerprint density at radius 1 is 1.50 bits per heavy atom. The lowest BCUT2D eigenvalue weighted by Gasteiger charge is -2.32. The molecule has 2 fully saturated rings. The third kappa shape index (κ3) is 4.08. The first-order valence-electron chi connectivity index (χ1n) is 7.19. The highest BCUT2D eigenvalue weighted by molar-refractivity contribution is 5.81. The van der Waals surface area contributed by atoms with Crippen LogP contribution in [0.1, 0.15) is 26.2 Å². The molecule has 7 nitrogen and oxygen atoms in total. The highest BCUT2D eigenvalue weighted by Crippen LogP contribution is 2.20. The van der Waals surface area contributed by atoms with Gasteiger partial charge < -0.3 is 21.0 Å². The number of oxime groups is 1. The maximum Gasteiger partial charge on any atom is 0.225 e. The normalized spacial score (nSPS) is 29.6. The predicted octanol–water partition coefficient (Wildman–Crippen LogP) is -0.262. The molecule has 2 rings (SSSR count). The molecule has 0 aliphatic carbocycles. The van der Waals surface area contributed by atoms with Gasteiger partial charge in [0.2, 0.25) is 5.91 Å². The number of ether oxygens (including phenoxy) is 1. The number of amides is 1. The van der Waals surface area contributed by atoms with E-state index in [1.807, 2.05) is 6.92 Å². The van der Waals surface area contributed by atoms with Crippen molar-refractivity contribution in [3.8, 4) is 0 Å². The fraction of sp³-hybridized carbons (Fsp3) is 0.846. The molecule has 2 saturated heterocycles. The van der Waals surface area contributed by atoms with Crippen molar-refractivity contribution in [2.45, 2.75) is 38.3 Å². The van der Waals surface area contributed by atoms with Crippen molar-refractivity contribution >= 4 is 11.7 Å². The van der Waals surface area contributed by atoms with E-state index >= 15 is 0 Å². The molecule has 1 amide bonds. The Labute approximate surface area is 119 Å². The van der Waals surface area contributed by atoms with Crippen LogP contribution in [-0.4, -0.2) is 60.2 Å². The van der Waals surface area contributed by atoms with Gasteiger partial charge in [0.25, 0.3) is 0 Å². The molecule has 0 radical (unpaired) electrons. The zero-order valence-electron chi connectivity index (χ0n) is 11.9. The summed E-state index contributed by atoms with van der Waals surface area (Å²) in [4.78, 5) is 14.2. The van der Waals surface area contributed by atoms with E-state index < -0.39 is 0 Å². The third-order valence-corrected chi connectivity index (χ3v) is 4.02. The molecule has 0 bridgehead atoms. The van der Waals surface area contributed by atoms with Gasteiger partial charge in [-0.3, -0.25) is 9.69 Å². The fourth-order valence-corrected chi connectivity index (χ4v) is 2.82. The van der Waals surface area contributed by atoms with Gasteiger partial charge in [-0.25, -0.2) is 0 Å². The molecule has 2 aliphatic heterocycles. The van der Waals surface area contributed by atoms with Gasteiger partial charge in [0.05, 0.1) is 25.2 Å². The first-order valence-corrected chi connectivity index (χ1v) is 7.19. The third-order valence-electron chi connectivity index (χ3n) is 4.02. The second kappa shape index (κ2) is 6.90. The van der Waals surface area contributed by atoms with Crippen molar-refractivity contribution in [3.05, 3.63) is 0 Å². The van der Waals surface area contributed by atoms with E-state index in [1.54, 1.807) is 0 Å². The van der Waals surface area contributed by atoms with Crippen LogP contribution >= 0.6 is 0 Å². The summed E-state index contributed by atoms with van der Waals surface area (Å²) in [6.45, 7) is 4.71. The van der Waals surface area contributed by atoms with Crippen molar-refractivity contribution in [1.82, 2.24) is 10.2 Å². The van der Waals surface area contributed by atoms with Gasteiger partial charge in [0, 0.05) is 19.1 Å². The summed E-state index contributed by atoms with van der Waals surface area (Å²) in [5.41, 5.74) is 5.49. The maximum atomic E-state index is 12.1. The summed E-state index contributed by atoms with van der Waals surface area (Å²) >= 11 is 0. The number of likely N-dealkylation sites (tertiary alicyclic amines) is 1. The molecule has 20 heavy (non-hydrogen) atoms. The lowest BCUT2D eigenvalue weighted by molar-refractivity contribution is -0.126. The average molecular weight is 284 g/mol. The van der Waals surface area contributed by atoms with Crippen LogP contribution in [0.2, 0.25) is 0 Å². The number of nitrogens with two attached hydrogens (primary N) is 1. The summed E-state index contributed by atoms with van der Waals surface area (Å²) in [5, 5.41) is 14.6. The summed E-state index contributed by atoms with van der Waals surface area (Å²) in [5.74, 6) is 0.342. The molecule has 114 valence electrons. The molecule has 2 aliphatic rings. The van der Waals surface area contributed by atoms with Crippen LogP contribution in [0.4, 0.5) is 0 Å². The smallest absolute Gasteiger partial charge is 0.225 e. The molecule has 7 heteroatoms. The Morgan fingerprint density at radius 3 is 2.75 bits per heavy atom. The highest BCUT2D eigenvalue weighted by atomic mass is 16.5. The van der Waals surface area contributed by atoms with Crippen LogP contribution in [0.25, 0.3) is 0 Å². The Bertz CT molecular complexity index is 367. The number of carbonyl (C=O) groups excluding carboxylic acids is 1. The number of nitrogens with zero attached hydrogens (tertiary/aromatic N) is 2. The zero-order chi connectivity index (χ0) is 14.5. The Hall–Kier alpha value is -1.34. The van der Waals surface area contributed by atoms with E-state index in [-0.39, 0.29) is 29.8 Å². The highest BCUT2D eigenvalue weighted by Gasteiger charge is 2.30. The number of piperidine rings is 1. The van der Waals surface area contributed by atoms with Gasteiger partial charge in [-0.05, 0) is 26.2 Å². The second-order valence-electron chi connectivity index (χ2n) is 5.73. The molecular weight excluding hydrogens is 260 g/mol. The van der Waals surface area contributed by atoms with Crippen LogP contribution in [0.3, 0.4) is 0 Å². The molecule has 0 spiro atoms. The van der Waals surface area contributed by atoms with Crippen molar-refractivity contribution < 1.29 is 14.7 Å². The van der Waals surface area contributed by atoms with Crippen molar-refractivity contribution in [2.75, 3.05) is 26.2 Å². The van der Waals surface area contributed by atoms with Gasteiger partial charge in [0.15, 0.2) is 5.84 Å². The number of carbonyl (C=O) groups is 1. The van der Waals surface area contributed by atoms with E-state index in [9.17, 15) is 4.79 Å². The van der Waals surface area contributed by atoms with Crippen LogP contribution in [0.5, 0.6) is 0 Å². The van der Waals surface area contributed by atoms with Gasteiger partial charge >= 0.3 is 0 Å². The van der Waals surface area contributed by atoms with Gasteiger partial charge in [0.1, 0.15) is 0 Å². The SMILES string of the molecule is CC1CC(C(=O)NC2CCN(CC(N)=NO)CC2)CO1. The van der Waals surface area contributed by atoms with E-state index in [4.69, 9.17) is 15.7 Å². The van der Waals surface area contributed by atoms with Gasteiger partial charge in [-0.15, -0.1) is 0 Å². The van der Waals surface area contributed by atoms with Gasteiger partial charge in [-0.1, -0.05) is 5.16 Å². The summed E-state index contributed by atoms with van der Waals surface area (Å²) in [6, 6.07) is 0.224. The van der Waals surface area contributed by atoms with E-state index in [2.05, 4.69) is 15.4 Å². The van der Waals surface area contributed by atoms with E-state index in [0.29, 0.717) is 13.2 Å². The lowest BCUT2D eigenvalue weighted by Crippen LogP contribution is -2.48. The maximum absolute atomic E-state index is 12.1. The average Bonchev–Trinajstić information content (AvgIpc) is 2.87. The van der Waals surface area contributed by atoms with Crippen LogP contribution < -0.4 is 11.1 Å². The Kier molecular flexibility index (Phi) is 5.19. The fourth-order valence-electron chi connectivity index (χ4n) is 2.82. The number of rotatable bonds is 4. The molecule has 4 N–H and O–H groups in total. The van der Waals surface area contributed by atoms with Crippen LogP contribution in [-0.2, 0) is 9.53 Å². The first-order chi connectivity index (χ1) is 9.58. The molecule has 0 aromatic rings. The molecule has 2 heterocycles. The first kappa shape index (κ1) is 15.1. The molecular formula is C13H24N4O3. The summed E-state index contributed by atoms with van der Waals surface area (Å²) in [6.07, 6.45) is 2.79. The number of hydrogen-bond acceptors (Lipinski definition) is 5. The Balaban J connectivity index is 1.70. The summed E-state index contributed by atoms with van der Waals surface area (Å²) in [7, 11) is 0. The van der Waals surface area contributed by atoms with Crippen LogP contribution in [0, 0.1) is 5.92 Å². The topological polar surface area (TPSA) is 100 Å². The molecule has 0 saturated carbocycles. The lowest BCUT2D eigenvalue weighted by atomic mass is 10.0. The van der Waals surface area contributed by atoms with Gasteiger partial charge in [-0.2, -0.15) is 0 Å². The van der Waals surface area contributed by atoms with Crippen molar-refractivity contribution in [3.63, 3.8) is 0 Å². The van der Waals surface area contributed by atoms with Crippen molar-refractivity contribution in [1.29, 1.82) is 0 Å². The van der Waals surface area contributed by atoms with Crippen LogP contribution in [0.15, 0.2) is 5.16 Å². The number of amidine groups is 1. The molecule has 0 aromatic heterocycles. The minimum absolute atomic E-state index is 0.000182. The minimum atomic E-state index is 0.000182. The largest absolute Gasteiger partial charge is 0.409 e. The minimum Gasteiger partial charge on any atom is -0.409 e. The molecule has 0 aromatic carbocycles. The number of hydrogen-bond donors (Lipinski definition) is 3. The summed E-state index contributed by atoms with van der Waals surface area (Å²) < 4.78 is 5.43. The standard InChI is InChI=1S/C13H24N4O3/c1-9-6-10(8-20-9)13(18)15-11-2-4-17(5-3-11)7-12(14)16-19/h9-11,19H,2-8H2,1H3,(H2,14,16)(H,15,18). The second-order valence-corrected chi connectivity index (χ2v) is 5.73. The quantitative estimate of drug-likeness (QED) is 0.286. The molecule has 2 atom stereocenters. The van der Waals surface area contributed by atoms with E-state index in [1.165, 1.54) is 0 Å². The monoisotopic (exact) mass is 284 g/mol.